The zero-order valence-corrected chi connectivity index (χ0v) is 16.5. The summed E-state index contributed by atoms with van der Waals surface area (Å²) in [7, 11) is -3.16. The van der Waals surface area contributed by atoms with Gasteiger partial charge in [0.25, 0.3) is 5.91 Å². The van der Waals surface area contributed by atoms with Crippen LogP contribution < -0.4 is 0 Å². The Morgan fingerprint density at radius 2 is 1.75 bits per heavy atom. The highest BCUT2D eigenvalue weighted by Gasteiger charge is 2.16. The number of likely N-dealkylation sites (N-methyl/N-ethyl adjacent to an activating group) is 1. The molecule has 0 spiro atoms. The normalized spacial score (nSPS) is 11.1. The molecule has 0 aliphatic heterocycles. The topological polar surface area (TPSA) is 80.8 Å². The van der Waals surface area contributed by atoms with E-state index in [0.717, 1.165) is 6.26 Å². The second-order valence-electron chi connectivity index (χ2n) is 6.38. The summed E-state index contributed by atoms with van der Waals surface area (Å²) in [6.07, 6.45) is 1.13. The Bertz CT molecular complexity index is 941. The SMILES string of the molecule is CCN(Cc1cccc(F)c1)C(=O)COC(=O)c1ccc(CS(C)(=O)=O)cc1. The Morgan fingerprint density at radius 3 is 2.32 bits per heavy atom. The molecule has 0 heterocycles. The number of carbonyl (C=O) groups excluding carboxylic acids is 2. The Labute approximate surface area is 163 Å². The van der Waals surface area contributed by atoms with Crippen LogP contribution in [-0.4, -0.2) is 44.6 Å². The minimum atomic E-state index is -3.16. The van der Waals surface area contributed by atoms with Crippen LogP contribution in [0.5, 0.6) is 0 Å². The number of carbonyl (C=O) groups is 2. The van der Waals surface area contributed by atoms with Crippen molar-refractivity contribution in [1.29, 1.82) is 0 Å². The molecule has 0 atom stereocenters. The van der Waals surface area contributed by atoms with E-state index in [1.165, 1.54) is 41.3 Å². The highest BCUT2D eigenvalue weighted by molar-refractivity contribution is 7.89. The van der Waals surface area contributed by atoms with Crippen molar-refractivity contribution < 1.29 is 27.1 Å². The molecule has 0 aliphatic carbocycles. The maximum absolute atomic E-state index is 13.3. The van der Waals surface area contributed by atoms with Crippen molar-refractivity contribution in [1.82, 2.24) is 4.90 Å². The fourth-order valence-electron chi connectivity index (χ4n) is 2.57. The minimum Gasteiger partial charge on any atom is -0.452 e. The van der Waals surface area contributed by atoms with Gasteiger partial charge in [0.15, 0.2) is 16.4 Å². The summed E-state index contributed by atoms with van der Waals surface area (Å²) >= 11 is 0. The monoisotopic (exact) mass is 407 g/mol. The van der Waals surface area contributed by atoms with Crippen molar-refractivity contribution in [3.05, 3.63) is 71.0 Å². The maximum Gasteiger partial charge on any atom is 0.338 e. The van der Waals surface area contributed by atoms with Crippen LogP contribution in [0, 0.1) is 5.82 Å². The van der Waals surface area contributed by atoms with E-state index in [-0.39, 0.29) is 23.7 Å². The molecule has 2 aromatic rings. The number of rotatable bonds is 8. The van der Waals surface area contributed by atoms with Gasteiger partial charge in [0.2, 0.25) is 0 Å². The lowest BCUT2D eigenvalue weighted by molar-refractivity contribution is -0.134. The first kappa shape index (κ1) is 21.6. The van der Waals surface area contributed by atoms with Crippen molar-refractivity contribution in [2.75, 3.05) is 19.4 Å². The van der Waals surface area contributed by atoms with Crippen LogP contribution in [0.3, 0.4) is 0 Å². The fourth-order valence-corrected chi connectivity index (χ4v) is 3.37. The van der Waals surface area contributed by atoms with Gasteiger partial charge in [-0.3, -0.25) is 4.79 Å². The van der Waals surface area contributed by atoms with Gasteiger partial charge in [-0.25, -0.2) is 17.6 Å². The van der Waals surface area contributed by atoms with Crippen LogP contribution in [0.2, 0.25) is 0 Å². The number of ether oxygens (including phenoxy) is 1. The van der Waals surface area contributed by atoms with Crippen molar-refractivity contribution in [3.63, 3.8) is 0 Å². The number of benzene rings is 2. The van der Waals surface area contributed by atoms with Gasteiger partial charge in [0, 0.05) is 19.3 Å². The third-order valence-corrected chi connectivity index (χ3v) is 4.80. The van der Waals surface area contributed by atoms with E-state index in [0.29, 0.717) is 17.7 Å². The van der Waals surface area contributed by atoms with Gasteiger partial charge in [-0.15, -0.1) is 0 Å². The Morgan fingerprint density at radius 1 is 1.07 bits per heavy atom. The van der Waals surface area contributed by atoms with Gasteiger partial charge in [0.05, 0.1) is 11.3 Å². The molecule has 0 aliphatic rings. The van der Waals surface area contributed by atoms with Crippen molar-refractivity contribution in [3.8, 4) is 0 Å². The summed E-state index contributed by atoms with van der Waals surface area (Å²) in [4.78, 5) is 25.9. The molecule has 0 unspecified atom stereocenters. The minimum absolute atomic E-state index is 0.119. The van der Waals surface area contributed by atoms with E-state index in [1.807, 2.05) is 0 Å². The predicted octanol–water partition coefficient (Wildman–Crippen LogP) is 2.58. The van der Waals surface area contributed by atoms with Crippen LogP contribution in [0.4, 0.5) is 4.39 Å². The number of esters is 1. The van der Waals surface area contributed by atoms with Crippen LogP contribution in [0.15, 0.2) is 48.5 Å². The number of sulfone groups is 1. The molecule has 150 valence electrons. The van der Waals surface area contributed by atoms with Crippen LogP contribution >= 0.6 is 0 Å². The quantitative estimate of drug-likeness (QED) is 0.629. The molecule has 6 nitrogen and oxygen atoms in total. The van der Waals surface area contributed by atoms with E-state index in [1.54, 1.807) is 19.1 Å². The van der Waals surface area contributed by atoms with Crippen LogP contribution in [-0.2, 0) is 31.7 Å². The second kappa shape index (κ2) is 9.45. The molecule has 0 bridgehead atoms. The van der Waals surface area contributed by atoms with E-state index >= 15 is 0 Å². The van der Waals surface area contributed by atoms with Gasteiger partial charge in [-0.05, 0) is 42.3 Å². The van der Waals surface area contributed by atoms with Gasteiger partial charge >= 0.3 is 5.97 Å². The molecule has 2 aromatic carbocycles. The van der Waals surface area contributed by atoms with Crippen molar-refractivity contribution in [2.45, 2.75) is 19.2 Å². The van der Waals surface area contributed by atoms with Crippen molar-refractivity contribution in [2.24, 2.45) is 0 Å². The summed E-state index contributed by atoms with van der Waals surface area (Å²) in [5.74, 6) is -1.58. The molecule has 8 heteroatoms. The lowest BCUT2D eigenvalue weighted by Gasteiger charge is -2.21. The maximum atomic E-state index is 13.3. The third kappa shape index (κ3) is 6.77. The molecule has 0 fully saturated rings. The molecule has 0 saturated heterocycles. The summed E-state index contributed by atoms with van der Waals surface area (Å²) in [6, 6.07) is 11.9. The lowest BCUT2D eigenvalue weighted by atomic mass is 10.1. The molecular formula is C20H22FNO5S. The fraction of sp³-hybridized carbons (Fsp3) is 0.300. The lowest BCUT2D eigenvalue weighted by Crippen LogP contribution is -2.34. The third-order valence-electron chi connectivity index (χ3n) is 3.94. The number of halogens is 1. The Hall–Kier alpha value is -2.74. The highest BCUT2D eigenvalue weighted by atomic mass is 32.2. The number of hydrogen-bond acceptors (Lipinski definition) is 5. The number of hydrogen-bond donors (Lipinski definition) is 0. The first-order chi connectivity index (χ1) is 13.2. The van der Waals surface area contributed by atoms with Gasteiger partial charge < -0.3 is 9.64 Å². The zero-order valence-electron chi connectivity index (χ0n) is 15.7. The summed E-state index contributed by atoms with van der Waals surface area (Å²) in [6.45, 7) is 1.94. The standard InChI is InChI=1S/C20H22FNO5S/c1-3-22(12-16-5-4-6-18(21)11-16)19(23)13-27-20(24)17-9-7-15(8-10-17)14-28(2,25)26/h4-11H,3,12-14H2,1-2H3. The molecule has 0 aromatic heterocycles. The van der Waals surface area contributed by atoms with E-state index < -0.39 is 28.3 Å². The van der Waals surface area contributed by atoms with E-state index in [9.17, 15) is 22.4 Å². The van der Waals surface area contributed by atoms with Gasteiger partial charge in [-0.1, -0.05) is 24.3 Å². The Kier molecular flexibility index (Phi) is 7.28. The molecule has 1 amide bonds. The first-order valence-corrected chi connectivity index (χ1v) is 10.7. The summed E-state index contributed by atoms with van der Waals surface area (Å²) < 4.78 is 40.9. The average Bonchev–Trinajstić information content (AvgIpc) is 2.63. The molecule has 0 N–H and O–H groups in total. The molecule has 0 saturated carbocycles. The van der Waals surface area contributed by atoms with Gasteiger partial charge in [-0.2, -0.15) is 0 Å². The number of amides is 1. The van der Waals surface area contributed by atoms with Crippen molar-refractivity contribution >= 4 is 21.7 Å². The largest absolute Gasteiger partial charge is 0.452 e. The number of nitrogens with zero attached hydrogens (tertiary/aromatic N) is 1. The first-order valence-electron chi connectivity index (χ1n) is 8.64. The van der Waals surface area contributed by atoms with E-state index in [2.05, 4.69) is 0 Å². The smallest absolute Gasteiger partial charge is 0.338 e. The highest BCUT2D eigenvalue weighted by Crippen LogP contribution is 2.10. The molecular weight excluding hydrogens is 385 g/mol. The average molecular weight is 407 g/mol. The molecule has 0 radical (unpaired) electrons. The molecule has 28 heavy (non-hydrogen) atoms. The van der Waals surface area contributed by atoms with Gasteiger partial charge in [0.1, 0.15) is 5.82 Å². The van der Waals surface area contributed by atoms with Crippen LogP contribution in [0.25, 0.3) is 0 Å². The van der Waals surface area contributed by atoms with E-state index in [4.69, 9.17) is 4.74 Å². The molecule has 2 rings (SSSR count). The Balaban J connectivity index is 1.92. The summed E-state index contributed by atoms with van der Waals surface area (Å²) in [5, 5.41) is 0. The second-order valence-corrected chi connectivity index (χ2v) is 8.52. The summed E-state index contributed by atoms with van der Waals surface area (Å²) in [5.41, 5.74) is 1.42. The predicted molar refractivity (Wildman–Crippen MR) is 103 cm³/mol. The van der Waals surface area contributed by atoms with Crippen LogP contribution in [0.1, 0.15) is 28.4 Å². The zero-order chi connectivity index (χ0) is 20.7.